The predicted molar refractivity (Wildman–Crippen MR) is 51.1 cm³/mol. The first-order valence-electron chi connectivity index (χ1n) is 4.83. The van der Waals surface area contributed by atoms with Crippen LogP contribution in [0.25, 0.3) is 0 Å². The standard InChI is InChI=1S/C10H18N2/c1-11-10-5-3-4-8-6-12(2)7-9(8)10/h3,5,8-11H,4,6-7H2,1-2H3. The second-order valence-corrected chi connectivity index (χ2v) is 4.12. The fraction of sp³-hybridized carbons (Fsp3) is 0.800. The molecule has 68 valence electrons. The van der Waals surface area contributed by atoms with E-state index in [2.05, 4.69) is 36.5 Å². The van der Waals surface area contributed by atoms with Crippen LogP contribution >= 0.6 is 0 Å². The zero-order chi connectivity index (χ0) is 8.55. The van der Waals surface area contributed by atoms with E-state index in [1.54, 1.807) is 0 Å². The number of likely N-dealkylation sites (tertiary alicyclic amines) is 1. The summed E-state index contributed by atoms with van der Waals surface area (Å²) in [6, 6.07) is 0.619. The van der Waals surface area contributed by atoms with Crippen molar-refractivity contribution in [1.82, 2.24) is 10.2 Å². The molecule has 0 aromatic carbocycles. The molecule has 0 aromatic heterocycles. The molecule has 12 heavy (non-hydrogen) atoms. The molecular weight excluding hydrogens is 148 g/mol. The molecule has 2 heteroatoms. The average molecular weight is 166 g/mol. The molecule has 2 nitrogen and oxygen atoms in total. The van der Waals surface area contributed by atoms with Gasteiger partial charge in [-0.15, -0.1) is 0 Å². The Hall–Kier alpha value is -0.340. The van der Waals surface area contributed by atoms with E-state index in [0.29, 0.717) is 6.04 Å². The van der Waals surface area contributed by atoms with Crippen LogP contribution in [0.4, 0.5) is 0 Å². The minimum absolute atomic E-state index is 0.619. The summed E-state index contributed by atoms with van der Waals surface area (Å²) >= 11 is 0. The Kier molecular flexibility index (Phi) is 2.20. The van der Waals surface area contributed by atoms with Crippen LogP contribution in [0.2, 0.25) is 0 Å². The van der Waals surface area contributed by atoms with E-state index >= 15 is 0 Å². The molecule has 3 atom stereocenters. The number of hydrogen-bond donors (Lipinski definition) is 1. The molecule has 2 rings (SSSR count). The van der Waals surface area contributed by atoms with Gasteiger partial charge in [0.1, 0.15) is 0 Å². The number of hydrogen-bond acceptors (Lipinski definition) is 2. The summed E-state index contributed by atoms with van der Waals surface area (Å²) in [5.74, 6) is 1.75. The maximum atomic E-state index is 3.38. The van der Waals surface area contributed by atoms with Crippen molar-refractivity contribution in [3.63, 3.8) is 0 Å². The van der Waals surface area contributed by atoms with Crippen molar-refractivity contribution >= 4 is 0 Å². The molecule has 1 heterocycles. The van der Waals surface area contributed by atoms with Gasteiger partial charge in [0, 0.05) is 19.1 Å². The smallest absolute Gasteiger partial charge is 0.0291 e. The van der Waals surface area contributed by atoms with Crippen molar-refractivity contribution in [1.29, 1.82) is 0 Å². The summed E-state index contributed by atoms with van der Waals surface area (Å²) in [4.78, 5) is 2.45. The first-order chi connectivity index (χ1) is 5.81. The fourth-order valence-electron chi connectivity index (χ4n) is 2.63. The van der Waals surface area contributed by atoms with Crippen molar-refractivity contribution in [3.8, 4) is 0 Å². The Morgan fingerprint density at radius 3 is 3.00 bits per heavy atom. The van der Waals surface area contributed by atoms with Gasteiger partial charge < -0.3 is 10.2 Å². The van der Waals surface area contributed by atoms with E-state index in [4.69, 9.17) is 0 Å². The summed E-state index contributed by atoms with van der Waals surface area (Å²) < 4.78 is 0. The largest absolute Gasteiger partial charge is 0.313 e. The average Bonchev–Trinajstić information content (AvgIpc) is 2.44. The van der Waals surface area contributed by atoms with E-state index in [1.165, 1.54) is 19.5 Å². The summed E-state index contributed by atoms with van der Waals surface area (Å²) in [6.07, 6.45) is 5.95. The number of rotatable bonds is 1. The van der Waals surface area contributed by atoms with Gasteiger partial charge in [-0.25, -0.2) is 0 Å². The second kappa shape index (κ2) is 3.19. The number of likely N-dealkylation sites (N-methyl/N-ethyl adjacent to an activating group) is 1. The predicted octanol–water partition coefficient (Wildman–Crippen LogP) is 0.712. The summed E-state index contributed by atoms with van der Waals surface area (Å²) in [5.41, 5.74) is 0. The van der Waals surface area contributed by atoms with Crippen molar-refractivity contribution < 1.29 is 0 Å². The van der Waals surface area contributed by atoms with Gasteiger partial charge in [-0.05, 0) is 32.4 Å². The van der Waals surface area contributed by atoms with Crippen LogP contribution in [-0.2, 0) is 0 Å². The SMILES string of the molecule is CNC1C=CCC2CN(C)CC21. The molecule has 0 bridgehead atoms. The number of nitrogens with zero attached hydrogens (tertiary/aromatic N) is 1. The molecule has 0 spiro atoms. The second-order valence-electron chi connectivity index (χ2n) is 4.12. The van der Waals surface area contributed by atoms with Crippen LogP contribution < -0.4 is 5.32 Å². The van der Waals surface area contributed by atoms with Gasteiger partial charge in [0.05, 0.1) is 0 Å². The highest BCUT2D eigenvalue weighted by Gasteiger charge is 2.35. The maximum absolute atomic E-state index is 3.38. The molecule has 3 unspecified atom stereocenters. The van der Waals surface area contributed by atoms with Crippen LogP contribution in [0.5, 0.6) is 0 Å². The van der Waals surface area contributed by atoms with E-state index in [-0.39, 0.29) is 0 Å². The lowest BCUT2D eigenvalue weighted by Gasteiger charge is -2.28. The molecule has 1 fully saturated rings. The molecule has 0 saturated carbocycles. The van der Waals surface area contributed by atoms with Gasteiger partial charge >= 0.3 is 0 Å². The highest BCUT2D eigenvalue weighted by atomic mass is 15.1. The van der Waals surface area contributed by atoms with Gasteiger partial charge in [0.15, 0.2) is 0 Å². The van der Waals surface area contributed by atoms with Gasteiger partial charge in [-0.2, -0.15) is 0 Å². The molecule has 2 aliphatic rings. The number of allylic oxidation sites excluding steroid dienone is 1. The van der Waals surface area contributed by atoms with E-state index in [0.717, 1.165) is 11.8 Å². The third kappa shape index (κ3) is 1.29. The lowest BCUT2D eigenvalue weighted by molar-refractivity contribution is 0.338. The Morgan fingerprint density at radius 2 is 2.25 bits per heavy atom. The van der Waals surface area contributed by atoms with Crippen molar-refractivity contribution in [3.05, 3.63) is 12.2 Å². The molecular formula is C10H18N2. The molecule has 1 N–H and O–H groups in total. The third-order valence-corrected chi connectivity index (χ3v) is 3.25. The highest BCUT2D eigenvalue weighted by molar-refractivity contribution is 5.07. The minimum Gasteiger partial charge on any atom is -0.313 e. The van der Waals surface area contributed by atoms with E-state index < -0.39 is 0 Å². The van der Waals surface area contributed by atoms with Gasteiger partial charge in [-0.1, -0.05) is 12.2 Å². The Bertz CT molecular complexity index is 188. The van der Waals surface area contributed by atoms with E-state index in [9.17, 15) is 0 Å². The Balaban J connectivity index is 2.09. The number of nitrogens with one attached hydrogen (secondary N) is 1. The van der Waals surface area contributed by atoms with Crippen LogP contribution in [-0.4, -0.2) is 38.1 Å². The van der Waals surface area contributed by atoms with Gasteiger partial charge in [0.25, 0.3) is 0 Å². The van der Waals surface area contributed by atoms with Crippen molar-refractivity contribution in [2.45, 2.75) is 12.5 Å². The Morgan fingerprint density at radius 1 is 1.42 bits per heavy atom. The minimum atomic E-state index is 0.619. The molecule has 1 saturated heterocycles. The zero-order valence-corrected chi connectivity index (χ0v) is 7.96. The highest BCUT2D eigenvalue weighted by Crippen LogP contribution is 2.31. The molecule has 1 aliphatic carbocycles. The third-order valence-electron chi connectivity index (χ3n) is 3.25. The topological polar surface area (TPSA) is 15.3 Å². The first kappa shape index (κ1) is 8.27. The lowest BCUT2D eigenvalue weighted by atomic mass is 9.82. The van der Waals surface area contributed by atoms with Crippen LogP contribution in [0.1, 0.15) is 6.42 Å². The van der Waals surface area contributed by atoms with Crippen molar-refractivity contribution in [2.24, 2.45) is 11.8 Å². The normalized spacial score (nSPS) is 41.7. The van der Waals surface area contributed by atoms with Gasteiger partial charge in [-0.3, -0.25) is 0 Å². The molecule has 0 radical (unpaired) electrons. The Labute approximate surface area is 74.6 Å². The lowest BCUT2D eigenvalue weighted by Crippen LogP contribution is -2.38. The van der Waals surface area contributed by atoms with Crippen LogP contribution in [0.15, 0.2) is 12.2 Å². The van der Waals surface area contributed by atoms with Gasteiger partial charge in [0.2, 0.25) is 0 Å². The van der Waals surface area contributed by atoms with Crippen LogP contribution in [0, 0.1) is 11.8 Å². The zero-order valence-electron chi connectivity index (χ0n) is 7.96. The van der Waals surface area contributed by atoms with E-state index in [1.807, 2.05) is 0 Å². The molecule has 0 amide bonds. The summed E-state index contributed by atoms with van der Waals surface area (Å²) in [7, 11) is 4.29. The fourth-order valence-corrected chi connectivity index (χ4v) is 2.63. The maximum Gasteiger partial charge on any atom is 0.0291 e. The quantitative estimate of drug-likeness (QED) is 0.577. The monoisotopic (exact) mass is 166 g/mol. The first-order valence-corrected chi connectivity index (χ1v) is 4.83. The van der Waals surface area contributed by atoms with Crippen molar-refractivity contribution in [2.75, 3.05) is 27.2 Å². The van der Waals surface area contributed by atoms with Crippen LogP contribution in [0.3, 0.4) is 0 Å². The summed E-state index contributed by atoms with van der Waals surface area (Å²) in [5, 5.41) is 3.38. The molecule has 0 aromatic rings. The molecule has 1 aliphatic heterocycles. The summed E-state index contributed by atoms with van der Waals surface area (Å²) in [6.45, 7) is 2.55. The number of fused-ring (bicyclic) bond motifs is 1.